The Morgan fingerprint density at radius 3 is 2.34 bits per heavy atom. The zero-order chi connectivity index (χ0) is 21.8. The number of carbonyl (C=O) groups excluding carboxylic acids is 1. The molecule has 0 radical (unpaired) electrons. The normalized spacial score (nSPS) is 12.2. The number of nitrogens with zero attached hydrogens (tertiary/aromatic N) is 1. The number of aryl methyl sites for hydroxylation is 1. The maximum absolute atomic E-state index is 13.1. The minimum atomic E-state index is -3.72. The van der Waals surface area contributed by atoms with E-state index in [1.165, 1.54) is 26.4 Å². The van der Waals surface area contributed by atoms with E-state index in [1.54, 1.807) is 25.1 Å². The van der Waals surface area contributed by atoms with Crippen molar-refractivity contribution in [3.8, 4) is 11.5 Å². The first kappa shape index (κ1) is 22.8. The van der Waals surface area contributed by atoms with Gasteiger partial charge < -0.3 is 14.8 Å². The van der Waals surface area contributed by atoms with Crippen molar-refractivity contribution in [1.29, 1.82) is 0 Å². The summed E-state index contributed by atoms with van der Waals surface area (Å²) in [5.74, 6) is 0.192. The van der Waals surface area contributed by atoms with E-state index in [9.17, 15) is 13.2 Å². The van der Waals surface area contributed by atoms with Crippen molar-refractivity contribution in [3.63, 3.8) is 0 Å². The molecule has 0 saturated heterocycles. The first-order valence-corrected chi connectivity index (χ1v) is 11.1. The smallest absolute Gasteiger partial charge is 0.248 e. The number of halogens is 1. The Morgan fingerprint density at radius 1 is 1.17 bits per heavy atom. The second kappa shape index (κ2) is 9.37. The van der Waals surface area contributed by atoms with Crippen molar-refractivity contribution in [2.75, 3.05) is 30.1 Å². The number of benzene rings is 2. The highest BCUT2D eigenvalue weighted by atomic mass is 35.5. The Bertz CT molecular complexity index is 994. The number of ether oxygens (including phenoxy) is 2. The molecule has 1 N–H and O–H groups in total. The van der Waals surface area contributed by atoms with Crippen LogP contribution in [0.4, 0.5) is 11.4 Å². The highest BCUT2D eigenvalue weighted by Crippen LogP contribution is 2.36. The third-order valence-electron chi connectivity index (χ3n) is 4.32. The van der Waals surface area contributed by atoms with E-state index in [4.69, 9.17) is 21.1 Å². The molecular formula is C20H25ClN2O5S. The third-order valence-corrected chi connectivity index (χ3v) is 5.79. The summed E-state index contributed by atoms with van der Waals surface area (Å²) in [4.78, 5) is 13.1. The molecular weight excluding hydrogens is 416 g/mol. The van der Waals surface area contributed by atoms with Gasteiger partial charge in [0.25, 0.3) is 0 Å². The molecule has 0 aliphatic carbocycles. The Hall–Kier alpha value is -2.45. The number of methoxy groups -OCH3 is 2. The quantitative estimate of drug-likeness (QED) is 0.673. The lowest BCUT2D eigenvalue weighted by molar-refractivity contribution is -0.117. The van der Waals surface area contributed by atoms with Crippen LogP contribution in [0.2, 0.25) is 5.02 Å². The molecule has 158 valence electrons. The Kier molecular flexibility index (Phi) is 7.37. The average Bonchev–Trinajstić information content (AvgIpc) is 2.65. The predicted molar refractivity (Wildman–Crippen MR) is 116 cm³/mol. The SMILES string of the molecule is CC[C@@H](C(=O)Nc1cc(OC)c(Cl)cc1OC)N(c1cccc(C)c1)S(C)(=O)=O. The molecule has 9 heteroatoms. The van der Waals surface area contributed by atoms with Gasteiger partial charge in [-0.1, -0.05) is 30.7 Å². The van der Waals surface area contributed by atoms with Crippen LogP contribution in [0.1, 0.15) is 18.9 Å². The third kappa shape index (κ3) is 5.33. The first-order valence-electron chi connectivity index (χ1n) is 8.90. The van der Waals surface area contributed by atoms with Gasteiger partial charge in [0.05, 0.1) is 36.9 Å². The van der Waals surface area contributed by atoms with Gasteiger partial charge in [-0.25, -0.2) is 8.42 Å². The van der Waals surface area contributed by atoms with Crippen molar-refractivity contribution in [3.05, 3.63) is 47.0 Å². The number of sulfonamides is 1. The zero-order valence-corrected chi connectivity index (χ0v) is 18.6. The molecule has 0 aliphatic rings. The van der Waals surface area contributed by atoms with Gasteiger partial charge in [-0.15, -0.1) is 0 Å². The number of carbonyl (C=O) groups is 1. The summed E-state index contributed by atoms with van der Waals surface area (Å²) in [6.45, 7) is 3.60. The molecule has 29 heavy (non-hydrogen) atoms. The minimum absolute atomic E-state index is 0.264. The topological polar surface area (TPSA) is 84.9 Å². The van der Waals surface area contributed by atoms with Gasteiger partial charge >= 0.3 is 0 Å². The summed E-state index contributed by atoms with van der Waals surface area (Å²) < 4.78 is 36.7. The van der Waals surface area contributed by atoms with Gasteiger partial charge in [0.15, 0.2) is 0 Å². The molecule has 0 fully saturated rings. The standard InChI is InChI=1S/C20H25ClN2O5S/c1-6-17(23(29(5,25)26)14-9-7-8-13(2)10-14)20(24)22-16-12-18(27-3)15(21)11-19(16)28-4/h7-12,17H,6H2,1-5H3,(H,22,24)/t17-/m0/s1. The Labute approximate surface area is 176 Å². The van der Waals surface area contributed by atoms with Crippen LogP contribution >= 0.6 is 11.6 Å². The molecule has 2 aromatic carbocycles. The minimum Gasteiger partial charge on any atom is -0.495 e. The van der Waals surface area contributed by atoms with Crippen LogP contribution in [0.15, 0.2) is 36.4 Å². The zero-order valence-electron chi connectivity index (χ0n) is 17.0. The molecule has 0 aliphatic heterocycles. The summed E-state index contributed by atoms with van der Waals surface area (Å²) in [5, 5.41) is 3.07. The van der Waals surface area contributed by atoms with Gasteiger partial charge in [0, 0.05) is 12.1 Å². The van der Waals surface area contributed by atoms with Crippen molar-refractivity contribution < 1.29 is 22.7 Å². The van der Waals surface area contributed by atoms with E-state index in [-0.39, 0.29) is 6.42 Å². The predicted octanol–water partition coefficient (Wildman–Crippen LogP) is 3.85. The molecule has 0 heterocycles. The van der Waals surface area contributed by atoms with E-state index in [2.05, 4.69) is 5.32 Å². The maximum atomic E-state index is 13.1. The number of hydrogen-bond donors (Lipinski definition) is 1. The second-order valence-electron chi connectivity index (χ2n) is 6.50. The lowest BCUT2D eigenvalue weighted by Crippen LogP contribution is -2.47. The summed E-state index contributed by atoms with van der Waals surface area (Å²) in [7, 11) is -0.822. The summed E-state index contributed by atoms with van der Waals surface area (Å²) in [5.41, 5.74) is 1.64. The van der Waals surface area contributed by atoms with Gasteiger partial charge in [-0.3, -0.25) is 9.10 Å². The molecule has 2 rings (SSSR count). The number of amides is 1. The molecule has 0 bridgehead atoms. The van der Waals surface area contributed by atoms with Crippen LogP contribution in [-0.2, 0) is 14.8 Å². The Balaban J connectivity index is 2.45. The molecule has 0 unspecified atom stereocenters. The Morgan fingerprint density at radius 2 is 1.83 bits per heavy atom. The lowest BCUT2D eigenvalue weighted by atomic mass is 10.1. The van der Waals surface area contributed by atoms with Crippen LogP contribution in [0.3, 0.4) is 0 Å². The fourth-order valence-corrected chi connectivity index (χ4v) is 4.43. The highest BCUT2D eigenvalue weighted by molar-refractivity contribution is 7.92. The van der Waals surface area contributed by atoms with E-state index in [1.807, 2.05) is 13.0 Å². The number of hydrogen-bond acceptors (Lipinski definition) is 5. The fraction of sp³-hybridized carbons (Fsp3) is 0.350. The average molecular weight is 441 g/mol. The molecule has 0 spiro atoms. The van der Waals surface area contributed by atoms with Crippen molar-refractivity contribution in [1.82, 2.24) is 0 Å². The number of anilines is 2. The maximum Gasteiger partial charge on any atom is 0.248 e. The summed E-state index contributed by atoms with van der Waals surface area (Å²) >= 11 is 6.11. The molecule has 1 amide bonds. The van der Waals surface area contributed by atoms with Crippen molar-refractivity contribution in [2.45, 2.75) is 26.3 Å². The molecule has 0 aromatic heterocycles. The van der Waals surface area contributed by atoms with Crippen LogP contribution < -0.4 is 19.1 Å². The van der Waals surface area contributed by atoms with Gasteiger partial charge in [-0.05, 0) is 31.0 Å². The monoisotopic (exact) mass is 440 g/mol. The van der Waals surface area contributed by atoms with Crippen LogP contribution in [0.25, 0.3) is 0 Å². The molecule has 1 atom stereocenters. The van der Waals surface area contributed by atoms with Crippen LogP contribution in [-0.4, -0.2) is 40.8 Å². The van der Waals surface area contributed by atoms with E-state index in [0.29, 0.717) is 27.9 Å². The number of nitrogens with one attached hydrogen (secondary N) is 1. The van der Waals surface area contributed by atoms with Crippen molar-refractivity contribution >= 4 is 38.9 Å². The molecule has 2 aromatic rings. The van der Waals surface area contributed by atoms with E-state index in [0.717, 1.165) is 16.1 Å². The first-order chi connectivity index (χ1) is 13.6. The van der Waals surface area contributed by atoms with Crippen LogP contribution in [0.5, 0.6) is 11.5 Å². The van der Waals surface area contributed by atoms with Gasteiger partial charge in [0.2, 0.25) is 15.9 Å². The number of rotatable bonds is 8. The fourth-order valence-electron chi connectivity index (χ4n) is 3.00. The van der Waals surface area contributed by atoms with Crippen LogP contribution in [0, 0.1) is 6.92 Å². The largest absolute Gasteiger partial charge is 0.495 e. The van der Waals surface area contributed by atoms with Gasteiger partial charge in [-0.2, -0.15) is 0 Å². The van der Waals surface area contributed by atoms with Crippen molar-refractivity contribution in [2.24, 2.45) is 0 Å². The molecule has 7 nitrogen and oxygen atoms in total. The van der Waals surface area contributed by atoms with E-state index < -0.39 is 22.0 Å². The second-order valence-corrected chi connectivity index (χ2v) is 8.76. The summed E-state index contributed by atoms with van der Waals surface area (Å²) in [6, 6.07) is 9.09. The summed E-state index contributed by atoms with van der Waals surface area (Å²) in [6.07, 6.45) is 1.34. The van der Waals surface area contributed by atoms with Gasteiger partial charge in [0.1, 0.15) is 17.5 Å². The van der Waals surface area contributed by atoms with E-state index >= 15 is 0 Å². The molecule has 0 saturated carbocycles. The lowest BCUT2D eigenvalue weighted by Gasteiger charge is -2.30. The highest BCUT2D eigenvalue weighted by Gasteiger charge is 2.32.